The second-order valence-corrected chi connectivity index (χ2v) is 9.68. The molecule has 166 valence electrons. The number of methoxy groups -OCH3 is 1. The molecule has 0 amide bonds. The summed E-state index contributed by atoms with van der Waals surface area (Å²) in [7, 11) is 1.64. The molecule has 1 aliphatic rings. The minimum atomic E-state index is -0.321. The molecule has 0 saturated carbocycles. The predicted molar refractivity (Wildman–Crippen MR) is 129 cm³/mol. The fourth-order valence-electron chi connectivity index (χ4n) is 4.02. The van der Waals surface area contributed by atoms with E-state index in [0.717, 1.165) is 38.8 Å². The SMILES string of the molecule is CCOC(=O)c1sc(SCc2ccccc2)c2c1C(c1ccc(OC)cc1)CCC2=NO. The van der Waals surface area contributed by atoms with E-state index >= 15 is 0 Å². The third-order valence-electron chi connectivity index (χ3n) is 5.53. The smallest absolute Gasteiger partial charge is 0.348 e. The first kappa shape index (κ1) is 22.4. The van der Waals surface area contributed by atoms with Crippen LogP contribution < -0.4 is 4.74 Å². The van der Waals surface area contributed by atoms with E-state index in [1.165, 1.54) is 16.9 Å². The van der Waals surface area contributed by atoms with Crippen LogP contribution in [0.1, 0.15) is 57.6 Å². The zero-order chi connectivity index (χ0) is 22.5. The first-order valence-electron chi connectivity index (χ1n) is 10.5. The number of hydrogen-bond donors (Lipinski definition) is 1. The molecule has 5 nitrogen and oxygen atoms in total. The van der Waals surface area contributed by atoms with Crippen molar-refractivity contribution in [3.05, 3.63) is 81.7 Å². The third-order valence-corrected chi connectivity index (χ3v) is 8.06. The molecule has 1 aliphatic carbocycles. The highest BCUT2D eigenvalue weighted by Crippen LogP contribution is 2.48. The summed E-state index contributed by atoms with van der Waals surface area (Å²) in [6.45, 7) is 2.12. The Morgan fingerprint density at radius 3 is 2.59 bits per heavy atom. The van der Waals surface area contributed by atoms with Crippen LogP contribution in [0.25, 0.3) is 0 Å². The van der Waals surface area contributed by atoms with Gasteiger partial charge in [-0.2, -0.15) is 0 Å². The number of rotatable bonds is 7. The lowest BCUT2D eigenvalue weighted by Gasteiger charge is -2.25. The second-order valence-electron chi connectivity index (χ2n) is 7.41. The zero-order valence-corrected chi connectivity index (χ0v) is 19.7. The van der Waals surface area contributed by atoms with Gasteiger partial charge in [0.2, 0.25) is 0 Å². The van der Waals surface area contributed by atoms with E-state index in [2.05, 4.69) is 17.3 Å². The van der Waals surface area contributed by atoms with Crippen LogP contribution in [0.2, 0.25) is 0 Å². The highest BCUT2D eigenvalue weighted by atomic mass is 32.2. The molecule has 4 rings (SSSR count). The first-order chi connectivity index (χ1) is 15.7. The van der Waals surface area contributed by atoms with Crippen molar-refractivity contribution in [1.82, 2.24) is 0 Å². The Bertz CT molecular complexity index is 1110. The molecule has 7 heteroatoms. The maximum Gasteiger partial charge on any atom is 0.348 e. The molecule has 1 aromatic heterocycles. The lowest BCUT2D eigenvalue weighted by molar-refractivity contribution is 0.0530. The van der Waals surface area contributed by atoms with Crippen LogP contribution in [0, 0.1) is 0 Å². The fraction of sp³-hybridized carbons (Fsp3) is 0.280. The van der Waals surface area contributed by atoms with E-state index in [1.54, 1.807) is 18.9 Å². The molecule has 1 N–H and O–H groups in total. The van der Waals surface area contributed by atoms with Crippen molar-refractivity contribution in [3.8, 4) is 5.75 Å². The number of thioether (sulfide) groups is 1. The molecule has 3 aromatic rings. The van der Waals surface area contributed by atoms with Gasteiger partial charge in [-0.3, -0.25) is 0 Å². The molecule has 0 aliphatic heterocycles. The van der Waals surface area contributed by atoms with Crippen LogP contribution in [0.5, 0.6) is 5.75 Å². The Morgan fingerprint density at radius 2 is 1.94 bits per heavy atom. The molecular weight excluding hydrogens is 442 g/mol. The molecule has 0 bridgehead atoms. The van der Waals surface area contributed by atoms with Gasteiger partial charge in [0.15, 0.2) is 0 Å². The first-order valence-corrected chi connectivity index (χ1v) is 12.3. The van der Waals surface area contributed by atoms with E-state index in [-0.39, 0.29) is 11.9 Å². The molecule has 0 fully saturated rings. The van der Waals surface area contributed by atoms with Gasteiger partial charge in [-0.15, -0.1) is 23.1 Å². The molecule has 1 unspecified atom stereocenters. The summed E-state index contributed by atoms with van der Waals surface area (Å²) < 4.78 is 11.7. The average Bonchev–Trinajstić information content (AvgIpc) is 3.23. The monoisotopic (exact) mass is 467 g/mol. The van der Waals surface area contributed by atoms with E-state index in [4.69, 9.17) is 9.47 Å². The Balaban J connectivity index is 1.79. The van der Waals surface area contributed by atoms with Crippen molar-refractivity contribution in [2.24, 2.45) is 5.16 Å². The molecule has 0 radical (unpaired) electrons. The number of nitrogens with zero attached hydrogens (tertiary/aromatic N) is 1. The summed E-state index contributed by atoms with van der Waals surface area (Å²) >= 11 is 3.11. The molecular formula is C25H25NO4S2. The van der Waals surface area contributed by atoms with E-state index in [0.29, 0.717) is 23.6 Å². The van der Waals surface area contributed by atoms with Crippen molar-refractivity contribution in [1.29, 1.82) is 0 Å². The largest absolute Gasteiger partial charge is 0.497 e. The zero-order valence-electron chi connectivity index (χ0n) is 18.0. The van der Waals surface area contributed by atoms with Crippen molar-refractivity contribution in [3.63, 3.8) is 0 Å². The number of oxime groups is 1. The van der Waals surface area contributed by atoms with Crippen LogP contribution in [0.15, 0.2) is 64.0 Å². The molecule has 2 aromatic carbocycles. The summed E-state index contributed by atoms with van der Waals surface area (Å²) in [5.41, 5.74) is 4.73. The number of thiophene rings is 1. The summed E-state index contributed by atoms with van der Waals surface area (Å²) in [6.07, 6.45) is 1.39. The minimum Gasteiger partial charge on any atom is -0.497 e. The molecule has 0 spiro atoms. The Labute approximate surface area is 196 Å². The van der Waals surface area contributed by atoms with Gasteiger partial charge in [0, 0.05) is 17.2 Å². The van der Waals surface area contributed by atoms with Crippen molar-refractivity contribution >= 4 is 34.8 Å². The van der Waals surface area contributed by atoms with Gasteiger partial charge in [-0.05, 0) is 48.6 Å². The second kappa shape index (κ2) is 10.2. The Hall–Kier alpha value is -2.77. The maximum absolute atomic E-state index is 12.9. The highest BCUT2D eigenvalue weighted by molar-refractivity contribution is 8.00. The van der Waals surface area contributed by atoms with Crippen molar-refractivity contribution in [2.75, 3.05) is 13.7 Å². The minimum absolute atomic E-state index is 0.0168. The van der Waals surface area contributed by atoms with Crippen LogP contribution in [0.4, 0.5) is 0 Å². The number of ether oxygens (including phenoxy) is 2. The van der Waals surface area contributed by atoms with E-state index < -0.39 is 0 Å². The van der Waals surface area contributed by atoms with E-state index in [9.17, 15) is 10.0 Å². The Morgan fingerprint density at radius 1 is 1.19 bits per heavy atom. The lowest BCUT2D eigenvalue weighted by atomic mass is 9.79. The van der Waals surface area contributed by atoms with Crippen LogP contribution in [0.3, 0.4) is 0 Å². The number of benzene rings is 2. The number of carbonyl (C=O) groups excluding carboxylic acids is 1. The van der Waals surface area contributed by atoms with Gasteiger partial charge >= 0.3 is 5.97 Å². The van der Waals surface area contributed by atoms with Gasteiger partial charge in [-0.1, -0.05) is 47.6 Å². The van der Waals surface area contributed by atoms with Gasteiger partial charge in [0.1, 0.15) is 10.6 Å². The number of carbonyl (C=O) groups is 1. The molecule has 0 saturated heterocycles. The quantitative estimate of drug-likeness (QED) is 0.190. The lowest BCUT2D eigenvalue weighted by Crippen LogP contribution is -2.19. The standard InChI is InChI=1S/C25H25NO4S2/c1-3-30-24(27)23-21-19(17-9-11-18(29-2)12-10-17)13-14-20(26-28)22(21)25(32-23)31-15-16-7-5-4-6-8-16/h4-12,19,28H,3,13-15H2,1-2H3. The van der Waals surface area contributed by atoms with Crippen LogP contribution in [-0.4, -0.2) is 30.6 Å². The van der Waals surface area contributed by atoms with Crippen molar-refractivity contribution in [2.45, 2.75) is 35.6 Å². The van der Waals surface area contributed by atoms with Crippen LogP contribution >= 0.6 is 23.1 Å². The number of esters is 1. The van der Waals surface area contributed by atoms with E-state index in [1.807, 2.05) is 49.4 Å². The summed E-state index contributed by atoms with van der Waals surface area (Å²) in [4.78, 5) is 13.5. The summed E-state index contributed by atoms with van der Waals surface area (Å²) in [6, 6.07) is 18.2. The third kappa shape index (κ3) is 4.54. The average molecular weight is 468 g/mol. The molecule has 1 heterocycles. The van der Waals surface area contributed by atoms with Gasteiger partial charge < -0.3 is 14.7 Å². The summed E-state index contributed by atoms with van der Waals surface area (Å²) in [5.74, 6) is 1.25. The molecule has 32 heavy (non-hydrogen) atoms. The van der Waals surface area contributed by atoms with Gasteiger partial charge in [0.25, 0.3) is 0 Å². The Kier molecular flexibility index (Phi) is 7.17. The number of fused-ring (bicyclic) bond motifs is 1. The van der Waals surface area contributed by atoms with Gasteiger partial charge in [-0.25, -0.2) is 4.79 Å². The van der Waals surface area contributed by atoms with Gasteiger partial charge in [0.05, 0.1) is 23.6 Å². The topological polar surface area (TPSA) is 68.1 Å². The normalized spacial score (nSPS) is 16.6. The van der Waals surface area contributed by atoms with Crippen LogP contribution in [-0.2, 0) is 10.5 Å². The fourth-order valence-corrected chi connectivity index (χ4v) is 6.56. The van der Waals surface area contributed by atoms with Crippen molar-refractivity contribution < 1.29 is 19.5 Å². The predicted octanol–water partition coefficient (Wildman–Crippen LogP) is 6.33. The number of hydrogen-bond acceptors (Lipinski definition) is 7. The maximum atomic E-state index is 12.9. The summed E-state index contributed by atoms with van der Waals surface area (Å²) in [5, 5.41) is 13.4. The highest BCUT2D eigenvalue weighted by Gasteiger charge is 2.36. The molecule has 1 atom stereocenters.